The first-order valence-corrected chi connectivity index (χ1v) is 25.1. The Bertz CT molecular complexity index is 4060. The summed E-state index contributed by atoms with van der Waals surface area (Å²) in [6.07, 6.45) is 8.01. The molecule has 0 aliphatic heterocycles. The first-order valence-electron chi connectivity index (χ1n) is 25.1. The molecule has 0 bridgehead atoms. The number of para-hydroxylation sites is 4. The molecule has 1 aliphatic carbocycles. The summed E-state index contributed by atoms with van der Waals surface area (Å²) < 4.78 is 20.9. The Labute approximate surface area is 440 Å². The number of ether oxygens (including phenoxy) is 1. The van der Waals surface area contributed by atoms with Crippen molar-refractivity contribution in [3.63, 3.8) is 0 Å². The minimum absolute atomic E-state index is 0. The normalized spacial score (nSPS) is 14.2. The Hall–Kier alpha value is -7.53. The van der Waals surface area contributed by atoms with Crippen LogP contribution in [0.3, 0.4) is 0 Å². The van der Waals surface area contributed by atoms with Gasteiger partial charge >= 0.3 is 0 Å². The van der Waals surface area contributed by atoms with Gasteiger partial charge in [0.1, 0.15) is 11.4 Å². The number of aromatic nitrogens is 4. The molecule has 4 heterocycles. The predicted octanol–water partition coefficient (Wildman–Crippen LogP) is 16.5. The third-order valence-corrected chi connectivity index (χ3v) is 15.2. The van der Waals surface area contributed by atoms with Gasteiger partial charge in [0.05, 0.1) is 16.7 Å². The SMILES string of the molecule is CC(C)(C)c1ccnc(-n2c3[c-]c(Oc4[c-]c(-[n+]5[c-]n(-c6c(-c7ccccc7)cccc6-c6ccccc6)c6ccccc65)c5c(c4)oc4c6c(ccc45)C(C)(C)CCC6(C)C)ccc3c3ccccc32)c1.[Pt]. The van der Waals surface area contributed by atoms with Crippen LogP contribution in [-0.4, -0.2) is 14.1 Å². The molecule has 0 spiro atoms. The molecular formula is C66H54N4O2Pt-2. The van der Waals surface area contributed by atoms with Gasteiger partial charge in [-0.1, -0.05) is 199 Å². The topological polar surface area (TPSA) is 49.0 Å². The summed E-state index contributed by atoms with van der Waals surface area (Å²) in [5.41, 5.74) is 15.4. The molecule has 0 fully saturated rings. The Balaban J connectivity index is 0.00000543. The van der Waals surface area contributed by atoms with Crippen molar-refractivity contribution in [2.45, 2.75) is 77.6 Å². The van der Waals surface area contributed by atoms with E-state index in [1.165, 1.54) is 16.7 Å². The molecule has 8 aromatic carbocycles. The van der Waals surface area contributed by atoms with Gasteiger partial charge in [0.25, 0.3) is 6.33 Å². The van der Waals surface area contributed by atoms with Crippen molar-refractivity contribution >= 4 is 54.8 Å². The zero-order chi connectivity index (χ0) is 49.1. The summed E-state index contributed by atoms with van der Waals surface area (Å²) in [6.45, 7) is 16.1. The van der Waals surface area contributed by atoms with Crippen molar-refractivity contribution in [2.75, 3.05) is 0 Å². The molecule has 7 heteroatoms. The number of nitrogens with zero attached hydrogens (tertiary/aromatic N) is 4. The van der Waals surface area contributed by atoms with Crippen LogP contribution in [0.4, 0.5) is 0 Å². The van der Waals surface area contributed by atoms with E-state index in [1.54, 1.807) is 0 Å². The maximum atomic E-state index is 7.25. The van der Waals surface area contributed by atoms with Crippen molar-refractivity contribution in [2.24, 2.45) is 0 Å². The molecule has 0 saturated carbocycles. The van der Waals surface area contributed by atoms with Crippen LogP contribution < -0.4 is 9.30 Å². The van der Waals surface area contributed by atoms with Crippen LogP contribution in [-0.2, 0) is 37.3 Å². The number of hydrogen-bond acceptors (Lipinski definition) is 3. The van der Waals surface area contributed by atoms with Gasteiger partial charge in [0.15, 0.2) is 0 Å². The molecule has 0 atom stereocenters. The Kier molecular flexibility index (Phi) is 11.0. The fraction of sp³-hybridized carbons (Fsp3) is 0.182. The first kappa shape index (κ1) is 46.5. The first-order chi connectivity index (χ1) is 34.8. The molecule has 1 aliphatic rings. The van der Waals surface area contributed by atoms with Crippen molar-refractivity contribution in [1.82, 2.24) is 14.1 Å². The van der Waals surface area contributed by atoms with Gasteiger partial charge in [0.2, 0.25) is 0 Å². The largest absolute Gasteiger partial charge is 0.510 e. The van der Waals surface area contributed by atoms with Crippen LogP contribution in [0.1, 0.15) is 78.0 Å². The van der Waals surface area contributed by atoms with E-state index in [4.69, 9.17) is 14.1 Å². The van der Waals surface area contributed by atoms with Crippen LogP contribution >= 0.6 is 0 Å². The van der Waals surface area contributed by atoms with Crippen LogP contribution in [0.15, 0.2) is 180 Å². The average Bonchev–Trinajstić information content (AvgIpc) is 4.07. The van der Waals surface area contributed by atoms with Gasteiger partial charge in [0, 0.05) is 55.4 Å². The van der Waals surface area contributed by atoms with Crippen molar-refractivity contribution < 1.29 is 34.8 Å². The fourth-order valence-corrected chi connectivity index (χ4v) is 11.4. The van der Waals surface area contributed by atoms with Gasteiger partial charge in [-0.3, -0.25) is 4.57 Å². The van der Waals surface area contributed by atoms with Gasteiger partial charge in [-0.05, 0) is 97.1 Å². The number of rotatable bonds is 7. The standard InChI is InChI=1S/C66H54N4O2.Pt/c1-64(2,3)44-33-36-67-59(37-44)70-53-26-15-14-23-49(53)50-30-29-45(38-56(50)70)71-46-39-57(60-51-31-32-52-61(63(51)72-58(60)40-46)66(6,7)35-34-65(52,4)5)68-41-69(55-28-17-16-27-54(55)68)62-47(42-19-10-8-11-20-42)24-18-25-48(62)43-21-12-9-13-22-43;/h8-33,36-37,40H,34-35H2,1-7H3;/q-2;. The molecule has 0 saturated heterocycles. The molecule has 362 valence electrons. The molecule has 0 radical (unpaired) electrons. The van der Waals surface area contributed by atoms with E-state index in [2.05, 4.69) is 238 Å². The predicted molar refractivity (Wildman–Crippen MR) is 292 cm³/mol. The van der Waals surface area contributed by atoms with E-state index in [9.17, 15) is 0 Å². The molecule has 0 N–H and O–H groups in total. The van der Waals surface area contributed by atoms with Gasteiger partial charge in [-0.25, -0.2) is 4.98 Å². The van der Waals surface area contributed by atoms with E-state index in [-0.39, 0.29) is 37.3 Å². The van der Waals surface area contributed by atoms with E-state index in [1.807, 2.05) is 18.3 Å². The van der Waals surface area contributed by atoms with Crippen LogP contribution in [0.5, 0.6) is 11.5 Å². The molecule has 6 nitrogen and oxygen atoms in total. The number of fused-ring (bicyclic) bond motifs is 9. The van der Waals surface area contributed by atoms with E-state index in [0.717, 1.165) is 101 Å². The second-order valence-electron chi connectivity index (χ2n) is 21.8. The molecule has 13 rings (SSSR count). The zero-order valence-electron chi connectivity index (χ0n) is 42.1. The smallest absolute Gasteiger partial charge is 0.268 e. The third-order valence-electron chi connectivity index (χ3n) is 15.2. The summed E-state index contributed by atoms with van der Waals surface area (Å²) in [5, 5.41) is 4.18. The van der Waals surface area contributed by atoms with E-state index >= 15 is 0 Å². The average molecular weight is 1130 g/mol. The summed E-state index contributed by atoms with van der Waals surface area (Å²) in [4.78, 5) is 4.93. The van der Waals surface area contributed by atoms with Crippen LogP contribution in [0.25, 0.3) is 94.2 Å². The zero-order valence-corrected chi connectivity index (χ0v) is 44.4. The van der Waals surface area contributed by atoms with E-state index in [0.29, 0.717) is 17.1 Å². The molecule has 0 unspecified atom stereocenters. The molecule has 12 aromatic rings. The minimum atomic E-state index is -0.101. The quantitative estimate of drug-likeness (QED) is 0.118. The van der Waals surface area contributed by atoms with E-state index < -0.39 is 0 Å². The Morgan fingerprint density at radius 1 is 0.630 bits per heavy atom. The maximum Gasteiger partial charge on any atom is 0.268 e. The summed E-state index contributed by atoms with van der Waals surface area (Å²) in [5.74, 6) is 1.89. The molecule has 4 aromatic heterocycles. The van der Waals surface area contributed by atoms with Gasteiger partial charge < -0.3 is 18.3 Å². The molecular weight excluding hydrogens is 1080 g/mol. The third kappa shape index (κ3) is 7.64. The number of pyridine rings is 1. The fourth-order valence-electron chi connectivity index (χ4n) is 11.4. The maximum absolute atomic E-state index is 7.25. The Morgan fingerprint density at radius 3 is 2.01 bits per heavy atom. The number of hydrogen-bond donors (Lipinski definition) is 0. The molecule has 0 amide bonds. The summed E-state index contributed by atoms with van der Waals surface area (Å²) >= 11 is 0. The van der Waals surface area contributed by atoms with Gasteiger partial charge in [-0.2, -0.15) is 6.07 Å². The second kappa shape index (κ2) is 17.3. The molecule has 73 heavy (non-hydrogen) atoms. The number of benzene rings is 8. The number of furan rings is 1. The van der Waals surface area contributed by atoms with Crippen molar-refractivity contribution in [3.8, 4) is 50.9 Å². The summed E-state index contributed by atoms with van der Waals surface area (Å²) in [6, 6.07) is 67.5. The van der Waals surface area contributed by atoms with Crippen LogP contribution in [0, 0.1) is 18.5 Å². The monoisotopic (exact) mass is 1130 g/mol. The Morgan fingerprint density at radius 2 is 1.29 bits per heavy atom. The van der Waals surface area contributed by atoms with Crippen molar-refractivity contribution in [3.05, 3.63) is 211 Å². The second-order valence-corrected chi connectivity index (χ2v) is 21.8. The minimum Gasteiger partial charge on any atom is -0.510 e. The summed E-state index contributed by atoms with van der Waals surface area (Å²) in [7, 11) is 0. The van der Waals surface area contributed by atoms with Gasteiger partial charge in [-0.15, -0.1) is 23.6 Å². The van der Waals surface area contributed by atoms with Crippen molar-refractivity contribution in [1.29, 1.82) is 0 Å². The van der Waals surface area contributed by atoms with Crippen LogP contribution in [0.2, 0.25) is 0 Å². The number of imidazole rings is 1.